The Morgan fingerprint density at radius 1 is 1.12 bits per heavy atom. The van der Waals surface area contributed by atoms with Gasteiger partial charge < -0.3 is 5.32 Å². The first kappa shape index (κ1) is 18.8. The van der Waals surface area contributed by atoms with Crippen LogP contribution in [0.4, 0.5) is 10.1 Å². The Kier molecular flexibility index (Phi) is 6.55. The molecule has 26 heavy (non-hydrogen) atoms. The molecule has 1 saturated heterocycles. The van der Waals surface area contributed by atoms with Gasteiger partial charge in [0.2, 0.25) is 5.91 Å². The van der Waals surface area contributed by atoms with E-state index in [1.54, 1.807) is 24.4 Å². The maximum atomic E-state index is 13.8. The van der Waals surface area contributed by atoms with E-state index in [2.05, 4.69) is 20.1 Å². The van der Waals surface area contributed by atoms with E-state index in [4.69, 9.17) is 11.6 Å². The second-order valence-electron chi connectivity index (χ2n) is 6.39. The molecule has 2 heterocycles. The van der Waals surface area contributed by atoms with Crippen molar-refractivity contribution in [1.82, 2.24) is 14.8 Å². The molecule has 7 heteroatoms. The van der Waals surface area contributed by atoms with E-state index in [0.29, 0.717) is 24.3 Å². The summed E-state index contributed by atoms with van der Waals surface area (Å²) in [4.78, 5) is 20.6. The lowest BCUT2D eigenvalue weighted by Gasteiger charge is -2.21. The van der Waals surface area contributed by atoms with Crippen molar-refractivity contribution in [2.45, 2.75) is 13.0 Å². The normalized spacial score (nSPS) is 16.2. The van der Waals surface area contributed by atoms with Crippen LogP contribution in [0.15, 0.2) is 42.6 Å². The molecule has 1 fully saturated rings. The highest BCUT2D eigenvalue weighted by Gasteiger charge is 2.18. The van der Waals surface area contributed by atoms with Crippen LogP contribution in [-0.2, 0) is 11.3 Å². The number of aromatic nitrogens is 1. The predicted octanol–water partition coefficient (Wildman–Crippen LogP) is 3.02. The highest BCUT2D eigenvalue weighted by molar-refractivity contribution is 6.32. The van der Waals surface area contributed by atoms with Crippen LogP contribution in [0.1, 0.15) is 12.0 Å². The van der Waals surface area contributed by atoms with Crippen LogP contribution in [0.25, 0.3) is 0 Å². The number of amides is 1. The Morgan fingerprint density at radius 3 is 2.69 bits per heavy atom. The fourth-order valence-corrected chi connectivity index (χ4v) is 3.25. The monoisotopic (exact) mass is 376 g/mol. The zero-order valence-electron chi connectivity index (χ0n) is 14.5. The minimum atomic E-state index is -0.165. The lowest BCUT2D eigenvalue weighted by molar-refractivity contribution is -0.117. The number of nitrogens with one attached hydrogen (secondary N) is 1. The number of pyridine rings is 1. The molecule has 1 amide bonds. The molecule has 1 aliphatic rings. The number of nitrogens with zero attached hydrogens (tertiary/aromatic N) is 3. The van der Waals surface area contributed by atoms with Gasteiger partial charge in [-0.15, -0.1) is 0 Å². The fourth-order valence-electron chi connectivity index (χ4n) is 3.08. The third-order valence-electron chi connectivity index (χ3n) is 4.43. The Morgan fingerprint density at radius 2 is 1.88 bits per heavy atom. The van der Waals surface area contributed by atoms with Gasteiger partial charge in [-0.1, -0.05) is 29.8 Å². The lowest BCUT2D eigenvalue weighted by atomic mass is 10.2. The van der Waals surface area contributed by atoms with Crippen LogP contribution < -0.4 is 5.32 Å². The summed E-state index contributed by atoms with van der Waals surface area (Å²) in [5.74, 6) is -0.274. The van der Waals surface area contributed by atoms with Gasteiger partial charge >= 0.3 is 0 Å². The molecular weight excluding hydrogens is 355 g/mol. The number of anilines is 1. The van der Waals surface area contributed by atoms with Crippen LogP contribution in [0.5, 0.6) is 0 Å². The van der Waals surface area contributed by atoms with Crippen LogP contribution in [0, 0.1) is 5.82 Å². The number of rotatable bonds is 5. The Labute approximate surface area is 157 Å². The molecule has 5 nitrogen and oxygen atoms in total. The van der Waals surface area contributed by atoms with Crippen molar-refractivity contribution in [2.75, 3.05) is 38.0 Å². The molecule has 138 valence electrons. The highest BCUT2D eigenvalue weighted by Crippen LogP contribution is 2.17. The van der Waals surface area contributed by atoms with Crippen molar-refractivity contribution in [3.63, 3.8) is 0 Å². The molecule has 0 unspecified atom stereocenters. The molecule has 1 aromatic heterocycles. The van der Waals surface area contributed by atoms with Crippen molar-refractivity contribution >= 4 is 23.2 Å². The van der Waals surface area contributed by atoms with Crippen molar-refractivity contribution in [3.8, 4) is 0 Å². The first-order valence-corrected chi connectivity index (χ1v) is 9.08. The Hall–Kier alpha value is -2.02. The van der Waals surface area contributed by atoms with Crippen molar-refractivity contribution in [1.29, 1.82) is 0 Å². The number of benzene rings is 1. The summed E-state index contributed by atoms with van der Waals surface area (Å²) in [5, 5.41) is 3.08. The van der Waals surface area contributed by atoms with Crippen LogP contribution >= 0.6 is 11.6 Å². The van der Waals surface area contributed by atoms with Gasteiger partial charge in [-0.05, 0) is 37.7 Å². The summed E-state index contributed by atoms with van der Waals surface area (Å²) in [6, 6.07) is 10.3. The number of hydrogen-bond donors (Lipinski definition) is 1. The molecule has 0 aliphatic carbocycles. The van der Waals surface area contributed by atoms with E-state index in [-0.39, 0.29) is 16.9 Å². The van der Waals surface area contributed by atoms with Crippen LogP contribution in [0.2, 0.25) is 5.15 Å². The molecule has 3 rings (SSSR count). The second kappa shape index (κ2) is 9.07. The largest absolute Gasteiger partial charge is 0.322 e. The van der Waals surface area contributed by atoms with Crippen molar-refractivity contribution in [2.24, 2.45) is 0 Å². The summed E-state index contributed by atoms with van der Waals surface area (Å²) < 4.78 is 13.8. The van der Waals surface area contributed by atoms with Gasteiger partial charge in [-0.25, -0.2) is 9.37 Å². The van der Waals surface area contributed by atoms with Crippen molar-refractivity contribution in [3.05, 3.63) is 59.1 Å². The average Bonchev–Trinajstić information content (AvgIpc) is 2.84. The topological polar surface area (TPSA) is 48.5 Å². The minimum absolute atomic E-state index is 0.109. The standard InChI is InChI=1S/C19H22ClFN4O/c20-19-17(7-3-8-22-19)23-18(26)14-25-10-4-9-24(11-12-25)13-15-5-1-2-6-16(15)21/h1-3,5-8H,4,9-14H2,(H,23,26). The SMILES string of the molecule is O=C(CN1CCCN(Cc2ccccc2F)CC1)Nc1cccnc1Cl. The van der Waals surface area contributed by atoms with E-state index in [9.17, 15) is 9.18 Å². The summed E-state index contributed by atoms with van der Waals surface area (Å²) in [6.07, 6.45) is 2.52. The maximum absolute atomic E-state index is 13.8. The van der Waals surface area contributed by atoms with Gasteiger partial charge in [0.1, 0.15) is 5.82 Å². The van der Waals surface area contributed by atoms with Gasteiger partial charge in [0.15, 0.2) is 5.15 Å². The summed E-state index contributed by atoms with van der Waals surface area (Å²) >= 11 is 5.97. The van der Waals surface area contributed by atoms with Gasteiger partial charge in [0.05, 0.1) is 12.2 Å². The second-order valence-corrected chi connectivity index (χ2v) is 6.75. The van der Waals surface area contributed by atoms with E-state index in [1.165, 1.54) is 6.07 Å². The van der Waals surface area contributed by atoms with Gasteiger partial charge in [0.25, 0.3) is 0 Å². The minimum Gasteiger partial charge on any atom is -0.322 e. The van der Waals surface area contributed by atoms with Crippen molar-refractivity contribution < 1.29 is 9.18 Å². The fraction of sp³-hybridized carbons (Fsp3) is 0.368. The van der Waals surface area contributed by atoms with Gasteiger partial charge in [-0.3, -0.25) is 14.6 Å². The Bertz CT molecular complexity index is 758. The highest BCUT2D eigenvalue weighted by atomic mass is 35.5. The first-order chi connectivity index (χ1) is 12.6. The zero-order chi connectivity index (χ0) is 18.4. The molecule has 1 N–H and O–H groups in total. The lowest BCUT2D eigenvalue weighted by Crippen LogP contribution is -2.36. The summed E-state index contributed by atoms with van der Waals surface area (Å²) in [6.45, 7) is 4.19. The van der Waals surface area contributed by atoms with E-state index >= 15 is 0 Å². The van der Waals surface area contributed by atoms with Gasteiger partial charge in [-0.2, -0.15) is 0 Å². The number of halogens is 2. The van der Waals surface area contributed by atoms with E-state index in [0.717, 1.165) is 32.6 Å². The van der Waals surface area contributed by atoms with Crippen LogP contribution in [0.3, 0.4) is 0 Å². The molecule has 0 radical (unpaired) electrons. The molecule has 1 aromatic carbocycles. The van der Waals surface area contributed by atoms with E-state index < -0.39 is 0 Å². The third-order valence-corrected chi connectivity index (χ3v) is 4.73. The Balaban J connectivity index is 1.50. The molecule has 0 spiro atoms. The number of carbonyl (C=O) groups is 1. The van der Waals surface area contributed by atoms with E-state index in [1.807, 2.05) is 12.1 Å². The molecule has 0 saturated carbocycles. The summed E-state index contributed by atoms with van der Waals surface area (Å²) in [5.41, 5.74) is 1.24. The first-order valence-electron chi connectivity index (χ1n) is 8.70. The quantitative estimate of drug-likeness (QED) is 0.815. The summed E-state index contributed by atoms with van der Waals surface area (Å²) in [7, 11) is 0. The number of hydrogen-bond acceptors (Lipinski definition) is 4. The smallest absolute Gasteiger partial charge is 0.238 e. The molecule has 0 bridgehead atoms. The molecule has 0 atom stereocenters. The number of carbonyl (C=O) groups excluding carboxylic acids is 1. The van der Waals surface area contributed by atoms with Gasteiger partial charge in [0, 0.05) is 31.4 Å². The molecular formula is C19H22ClFN4O. The average molecular weight is 377 g/mol. The van der Waals surface area contributed by atoms with Crippen LogP contribution in [-0.4, -0.2) is 53.4 Å². The molecule has 1 aliphatic heterocycles. The predicted molar refractivity (Wildman–Crippen MR) is 101 cm³/mol. The maximum Gasteiger partial charge on any atom is 0.238 e. The molecule has 2 aromatic rings. The zero-order valence-corrected chi connectivity index (χ0v) is 15.3. The third kappa shape index (κ3) is 5.24.